The Kier molecular flexibility index (Phi) is 5.19. The molecule has 3 aliphatic carbocycles. The summed E-state index contributed by atoms with van der Waals surface area (Å²) in [6, 6.07) is 2.42. The van der Waals surface area contributed by atoms with Crippen LogP contribution in [-0.4, -0.2) is 0 Å². The minimum atomic E-state index is 0.287. The zero-order chi connectivity index (χ0) is 19.0. The molecule has 2 atom stereocenters. The first-order valence-electron chi connectivity index (χ1n) is 11.3. The van der Waals surface area contributed by atoms with E-state index in [2.05, 4.69) is 58.1 Å². The second kappa shape index (κ2) is 7.46. The molecule has 0 radical (unpaired) electrons. The lowest BCUT2D eigenvalue weighted by molar-refractivity contribution is 0.417. The Labute approximate surface area is 166 Å². The fourth-order valence-electron chi connectivity index (χ4n) is 5.95. The van der Waals surface area contributed by atoms with Gasteiger partial charge in [0.1, 0.15) is 0 Å². The van der Waals surface area contributed by atoms with Crippen molar-refractivity contribution in [3.8, 4) is 0 Å². The lowest BCUT2D eigenvalue weighted by atomic mass is 9.65. The summed E-state index contributed by atoms with van der Waals surface area (Å²) in [5.41, 5.74) is 11.4. The molecule has 2 unspecified atom stereocenters. The van der Waals surface area contributed by atoms with Crippen LogP contribution in [0.2, 0.25) is 0 Å². The Morgan fingerprint density at radius 3 is 2.59 bits per heavy atom. The van der Waals surface area contributed by atoms with Crippen molar-refractivity contribution in [1.82, 2.24) is 0 Å². The largest absolute Gasteiger partial charge is 0.0827 e. The predicted molar refractivity (Wildman–Crippen MR) is 119 cm³/mol. The van der Waals surface area contributed by atoms with Gasteiger partial charge < -0.3 is 0 Å². The van der Waals surface area contributed by atoms with Gasteiger partial charge in [-0.15, -0.1) is 0 Å². The van der Waals surface area contributed by atoms with Gasteiger partial charge in [0.05, 0.1) is 0 Å². The quantitative estimate of drug-likeness (QED) is 0.431. The molecule has 0 saturated heterocycles. The molecule has 0 spiro atoms. The van der Waals surface area contributed by atoms with E-state index in [9.17, 15) is 0 Å². The van der Waals surface area contributed by atoms with Crippen molar-refractivity contribution in [2.24, 2.45) is 5.92 Å². The van der Waals surface area contributed by atoms with Crippen molar-refractivity contribution >= 4 is 11.6 Å². The maximum Gasteiger partial charge on any atom is 0.0218 e. The van der Waals surface area contributed by atoms with E-state index in [-0.39, 0.29) is 5.41 Å². The third kappa shape index (κ3) is 3.06. The Hall–Kier alpha value is -1.56. The number of hydrogen-bond donors (Lipinski definition) is 0. The third-order valence-electron chi connectivity index (χ3n) is 7.25. The van der Waals surface area contributed by atoms with Gasteiger partial charge in [-0.05, 0) is 72.4 Å². The van der Waals surface area contributed by atoms with Gasteiger partial charge in [-0.25, -0.2) is 0 Å². The number of hydrogen-bond acceptors (Lipinski definition) is 0. The minimum absolute atomic E-state index is 0.287. The summed E-state index contributed by atoms with van der Waals surface area (Å²) in [6.07, 6.45) is 21.9. The first kappa shape index (κ1) is 18.8. The molecule has 0 nitrogen and oxygen atoms in total. The van der Waals surface area contributed by atoms with Gasteiger partial charge in [0.25, 0.3) is 0 Å². The number of unbranched alkanes of at least 4 members (excludes halogenated alkanes) is 5. The average molecular weight is 361 g/mol. The Balaban J connectivity index is 1.72. The van der Waals surface area contributed by atoms with Crippen LogP contribution in [0.5, 0.6) is 0 Å². The summed E-state index contributed by atoms with van der Waals surface area (Å²) in [5, 5.41) is 0. The maximum absolute atomic E-state index is 2.48. The topological polar surface area (TPSA) is 0 Å². The fourth-order valence-corrected chi connectivity index (χ4v) is 5.95. The molecule has 1 aromatic carbocycles. The molecule has 27 heavy (non-hydrogen) atoms. The van der Waals surface area contributed by atoms with Crippen molar-refractivity contribution in [3.05, 3.63) is 57.7 Å². The van der Waals surface area contributed by atoms with Crippen LogP contribution in [0.15, 0.2) is 29.9 Å². The third-order valence-corrected chi connectivity index (χ3v) is 7.25. The first-order chi connectivity index (χ1) is 13.1. The fraction of sp³-hybridized carbons (Fsp3) is 0.556. The molecule has 0 aliphatic heterocycles. The van der Waals surface area contributed by atoms with E-state index in [4.69, 9.17) is 0 Å². The molecule has 3 aliphatic rings. The van der Waals surface area contributed by atoms with E-state index < -0.39 is 0 Å². The Morgan fingerprint density at radius 1 is 1.00 bits per heavy atom. The Morgan fingerprint density at radius 2 is 1.78 bits per heavy atom. The molecular formula is C27H36. The molecule has 1 aromatic rings. The van der Waals surface area contributed by atoms with E-state index >= 15 is 0 Å². The number of benzene rings is 1. The molecular weight excluding hydrogens is 324 g/mol. The van der Waals surface area contributed by atoms with Crippen LogP contribution < -0.4 is 0 Å². The van der Waals surface area contributed by atoms with Gasteiger partial charge in [0.15, 0.2) is 0 Å². The molecule has 0 heteroatoms. The lowest BCUT2D eigenvalue weighted by Gasteiger charge is -2.38. The van der Waals surface area contributed by atoms with E-state index in [0.29, 0.717) is 5.92 Å². The monoisotopic (exact) mass is 360 g/mol. The van der Waals surface area contributed by atoms with Crippen molar-refractivity contribution in [3.63, 3.8) is 0 Å². The first-order valence-corrected chi connectivity index (χ1v) is 11.3. The van der Waals surface area contributed by atoms with E-state index in [1.165, 1.54) is 74.5 Å². The second-order valence-corrected chi connectivity index (χ2v) is 9.31. The summed E-state index contributed by atoms with van der Waals surface area (Å²) >= 11 is 0. The standard InChI is InChI=1S/C27H36/c1-5-6-7-8-9-10-15-27-16-11-12-22-20(3)18-21(4)25(26(22)27)23-14-13-19(2)17-24(23)27/h11-14,18-19H,5-10,15-17H2,1-4H3. The van der Waals surface area contributed by atoms with Crippen molar-refractivity contribution in [1.29, 1.82) is 0 Å². The number of allylic oxidation sites excluding steroid dienone is 5. The highest BCUT2D eigenvalue weighted by atomic mass is 14.5. The molecule has 0 aromatic heterocycles. The average Bonchev–Trinajstić information content (AvgIpc) is 2.94. The van der Waals surface area contributed by atoms with Crippen LogP contribution in [0.1, 0.15) is 99.5 Å². The summed E-state index contributed by atoms with van der Waals surface area (Å²) in [6.45, 7) is 9.34. The lowest BCUT2D eigenvalue weighted by Crippen LogP contribution is -2.30. The highest BCUT2D eigenvalue weighted by molar-refractivity contribution is 5.92. The van der Waals surface area contributed by atoms with Crippen LogP contribution in [-0.2, 0) is 5.41 Å². The predicted octanol–water partition coefficient (Wildman–Crippen LogP) is 8.07. The summed E-state index contributed by atoms with van der Waals surface area (Å²) in [7, 11) is 0. The highest BCUT2D eigenvalue weighted by Gasteiger charge is 2.47. The van der Waals surface area contributed by atoms with Crippen LogP contribution in [0.3, 0.4) is 0 Å². The molecule has 0 fully saturated rings. The molecule has 144 valence electrons. The SMILES string of the molecule is CCCCCCCCC12CC=Cc3c(C)cc(C)c(c31)C1=C2CC(C)C=C1. The molecule has 0 N–H and O–H groups in total. The van der Waals surface area contributed by atoms with Gasteiger partial charge in [0.2, 0.25) is 0 Å². The molecule has 0 saturated carbocycles. The molecule has 0 heterocycles. The van der Waals surface area contributed by atoms with Crippen LogP contribution >= 0.6 is 0 Å². The van der Waals surface area contributed by atoms with Crippen molar-refractivity contribution < 1.29 is 0 Å². The van der Waals surface area contributed by atoms with Crippen LogP contribution in [0.4, 0.5) is 0 Å². The summed E-state index contributed by atoms with van der Waals surface area (Å²) in [5.74, 6) is 0.676. The molecule has 0 bridgehead atoms. The summed E-state index contributed by atoms with van der Waals surface area (Å²) in [4.78, 5) is 0. The Bertz CT molecular complexity index is 817. The van der Waals surface area contributed by atoms with Gasteiger partial charge >= 0.3 is 0 Å². The van der Waals surface area contributed by atoms with E-state index in [1.807, 2.05) is 0 Å². The molecule has 4 rings (SSSR count). The number of fused-ring (bicyclic) bond motifs is 2. The zero-order valence-corrected chi connectivity index (χ0v) is 17.8. The second-order valence-electron chi connectivity index (χ2n) is 9.31. The minimum Gasteiger partial charge on any atom is -0.0827 e. The highest BCUT2D eigenvalue weighted by Crippen LogP contribution is 2.59. The van der Waals surface area contributed by atoms with E-state index in [1.54, 1.807) is 22.3 Å². The van der Waals surface area contributed by atoms with Crippen molar-refractivity contribution in [2.45, 2.75) is 90.9 Å². The number of aryl methyl sites for hydroxylation is 2. The summed E-state index contributed by atoms with van der Waals surface area (Å²) < 4.78 is 0. The van der Waals surface area contributed by atoms with Gasteiger partial charge in [-0.2, -0.15) is 0 Å². The van der Waals surface area contributed by atoms with Crippen molar-refractivity contribution in [2.75, 3.05) is 0 Å². The molecule has 0 amide bonds. The van der Waals surface area contributed by atoms with Gasteiger partial charge in [0, 0.05) is 5.41 Å². The van der Waals surface area contributed by atoms with Gasteiger partial charge in [-0.1, -0.05) is 88.3 Å². The smallest absolute Gasteiger partial charge is 0.0218 e. The van der Waals surface area contributed by atoms with Crippen LogP contribution in [0.25, 0.3) is 11.6 Å². The van der Waals surface area contributed by atoms with Crippen LogP contribution in [0, 0.1) is 19.8 Å². The number of rotatable bonds is 7. The van der Waals surface area contributed by atoms with Gasteiger partial charge in [-0.3, -0.25) is 0 Å². The normalized spacial score (nSPS) is 25.1. The maximum atomic E-state index is 2.48. The van der Waals surface area contributed by atoms with E-state index in [0.717, 1.165) is 0 Å². The zero-order valence-electron chi connectivity index (χ0n) is 17.8.